The van der Waals surface area contributed by atoms with Gasteiger partial charge in [0.25, 0.3) is 32.5 Å². The van der Waals surface area contributed by atoms with E-state index in [1.807, 2.05) is 0 Å². The van der Waals surface area contributed by atoms with Crippen LogP contribution in [-0.2, 0) is 24.0 Å². The summed E-state index contributed by atoms with van der Waals surface area (Å²) in [4.78, 5) is 131. The van der Waals surface area contributed by atoms with E-state index in [9.17, 15) is 28.1 Å². The van der Waals surface area contributed by atoms with Gasteiger partial charge in [0.15, 0.2) is 0 Å². The van der Waals surface area contributed by atoms with Crippen LogP contribution in [0.25, 0.3) is 79.4 Å². The lowest BCUT2D eigenvalue weighted by Crippen LogP contribution is -2.53. The van der Waals surface area contributed by atoms with Crippen LogP contribution in [0.2, 0.25) is 0 Å². The number of likely N-dealkylation sites (tertiary alicyclic amines) is 5. The van der Waals surface area contributed by atoms with Crippen LogP contribution >= 0.6 is 0 Å². The van der Waals surface area contributed by atoms with Gasteiger partial charge in [0.2, 0.25) is 0 Å². The molecule has 35 heteroatoms. The number of rotatable bonds is 15. The van der Waals surface area contributed by atoms with Crippen molar-refractivity contribution in [3.8, 4) is 0 Å². The van der Waals surface area contributed by atoms with Crippen LogP contribution in [0.15, 0.2) is 61.7 Å². The SMILES string of the molecule is [2H]c1nc(N(C)[C@@]2([2H])C([2H])([2H])N(C(=O)C([2H])([2H])[N+]#[C-])C([2H])([2H])C([2H])([2H])[C@@]2([2H])C)c2c([2H])c(C)[nH]c2n1.[2H]c1nc(N(C)[C@H]2C([2H])([2H])N(C(=O)C([2H])([2H])[N+]#[C-])C([2H])([2H])C([2H])([2H])[C@@]2([2H])C([2H])([2H])[2H])c2c([2H])c(C)[nH]c2n1.[2H]c1nc(N(C)[C@H]2C([2H])([2H])N(C(=O)C([2H])([2H])[N+]#[C-])C([2H])([2H])C([2H])([2H])[C@@]2([2H])C)c2c([2H])c(C)[nH]c2n1.[2H]c1nc(N(C)[C@]2([2H])[C@H](C([2H])([2H])[2H])C([2H])([2H])C([2H])([2H])N(C(=O)C([2H])([2H])[N+]#[C-])C2([2H])[2H])c2c([2H])c(C)[nH]c2n1.[2H]c1nc(N(C)[C@]2([2H])[C@H](C)C([2H])([2H])C([2H])([2H])N(C(=O)C([2H])([2H])[N+]#[C-])C2([2H])[2H])c2c([2H])c(C)[nH]c2n1. The van der Waals surface area contributed by atoms with Crippen LogP contribution in [0.4, 0.5) is 29.1 Å². The van der Waals surface area contributed by atoms with Gasteiger partial charge in [-0.05, 0) is 126 Å². The predicted molar refractivity (Wildman–Crippen MR) is 463 cm³/mol. The molecule has 10 aromatic rings. The minimum Gasteiger partial charge on any atom is -0.354 e. The van der Waals surface area contributed by atoms with Crippen molar-refractivity contribution in [1.29, 1.82) is 0 Å². The number of aromatic amines is 5. The Hall–Kier alpha value is -13.1. The summed E-state index contributed by atoms with van der Waals surface area (Å²) in [7, 11) is 5.16. The number of aryl methyl sites for hydroxylation is 5. The number of fused-ring (bicyclic) bond motifs is 5. The molecule has 10 aromatic heterocycles. The molecule has 120 heavy (non-hydrogen) atoms. The van der Waals surface area contributed by atoms with E-state index in [4.69, 9.17) is 114 Å². The molecular formula is C85H110N30O5. The number of aromatic nitrogens is 15. The zero-order valence-corrected chi connectivity index (χ0v) is 65.0. The number of carbonyl (C=O) groups excluding carboxylic acids is 5. The van der Waals surface area contributed by atoms with Gasteiger partial charge in [-0.25, -0.2) is 82.7 Å². The average Bonchev–Trinajstić information content (AvgIpc) is 0.820. The summed E-state index contributed by atoms with van der Waals surface area (Å²) in [6, 6.07) is -15.4. The highest BCUT2D eigenvalue weighted by molar-refractivity contribution is 5.92. The zero-order chi connectivity index (χ0) is 141. The largest absolute Gasteiger partial charge is 0.354 e. The number of nitrogens with one attached hydrogen (secondary N) is 5. The third kappa shape index (κ3) is 20.2. The number of carbonyl (C=O) groups is 5. The molecule has 0 unspecified atom stereocenters. The first-order chi connectivity index (χ1) is 81.3. The highest BCUT2D eigenvalue weighted by Gasteiger charge is 2.39. The molecule has 0 aliphatic carbocycles. The molecule has 0 spiro atoms. The number of likely N-dealkylation sites (N-methyl/N-ethyl adjacent to an activating group) is 5. The Kier molecular flexibility index (Phi) is 12.3. The molecule has 0 aromatic carbocycles. The van der Waals surface area contributed by atoms with Crippen LogP contribution < -0.4 is 24.5 Å². The Bertz CT molecular complexity index is 8800. The van der Waals surface area contributed by atoms with E-state index in [1.165, 1.54) is 34.7 Å². The number of hydrogen-bond donors (Lipinski definition) is 5. The number of nitrogens with zero attached hydrogens (tertiary/aromatic N) is 25. The highest BCUT2D eigenvalue weighted by atomic mass is 16.2. The Morgan fingerprint density at radius 3 is 0.942 bits per heavy atom. The summed E-state index contributed by atoms with van der Waals surface area (Å²) in [5.74, 6) is -26.5. The lowest BCUT2D eigenvalue weighted by atomic mass is 9.92. The molecule has 0 saturated carbocycles. The number of anilines is 5. The Morgan fingerprint density at radius 2 is 0.633 bits per heavy atom. The molecule has 5 aliphatic rings. The maximum atomic E-state index is 13.1. The number of amides is 5. The third-order valence-electron chi connectivity index (χ3n) is 16.8. The Balaban J connectivity index is 0.000000211. The zero-order valence-electron chi connectivity index (χ0n) is 127. The topological polar surface area (TPSA) is 347 Å². The quantitative estimate of drug-likeness (QED) is 0.0597. The van der Waals surface area contributed by atoms with Crippen molar-refractivity contribution in [1.82, 2.24) is 99.3 Å². The molecule has 0 bridgehead atoms. The highest BCUT2D eigenvalue weighted by Crippen LogP contribution is 2.36. The van der Waals surface area contributed by atoms with Crippen molar-refractivity contribution >= 4 is 114 Å². The molecule has 0 radical (unpaired) electrons. The maximum Gasteiger partial charge on any atom is 0.302 e. The second kappa shape index (κ2) is 39.4. The fourth-order valence-corrected chi connectivity index (χ4v) is 11.3. The van der Waals surface area contributed by atoms with Gasteiger partial charge in [-0.2, -0.15) is 0 Å². The van der Waals surface area contributed by atoms with E-state index in [0.717, 1.165) is 58.8 Å². The van der Waals surface area contributed by atoms with E-state index in [1.54, 1.807) is 6.92 Å². The number of H-pyrrole nitrogens is 5. The fraction of sp³-hybridized carbons (Fsp3) is 0.529. The van der Waals surface area contributed by atoms with Crippen LogP contribution in [0.1, 0.15) is 180 Å². The second-order valence-electron chi connectivity index (χ2n) is 25.1. The summed E-state index contributed by atoms with van der Waals surface area (Å²) in [6.07, 6.45) is -20.8. The van der Waals surface area contributed by atoms with Crippen molar-refractivity contribution in [2.24, 2.45) is 29.5 Å². The summed E-state index contributed by atoms with van der Waals surface area (Å²) in [6.45, 7) is -16.3. The summed E-state index contributed by atoms with van der Waals surface area (Å²) in [5, 5.41) is -0.451. The molecule has 35 nitrogen and oxygen atoms in total. The molecule has 5 saturated heterocycles. The third-order valence-corrected chi connectivity index (χ3v) is 16.8. The molecule has 5 fully saturated rings. The van der Waals surface area contributed by atoms with Crippen LogP contribution in [0.3, 0.4) is 0 Å². The van der Waals surface area contributed by atoms with Gasteiger partial charge in [0.1, 0.15) is 109 Å². The monoisotopic (exact) mass is 1690 g/mol. The summed E-state index contributed by atoms with van der Waals surface area (Å²) in [5.41, 5.74) is 1.19. The van der Waals surface area contributed by atoms with Gasteiger partial charge in [-0.15, -0.1) is 0 Å². The number of hydrogen-bond acceptors (Lipinski definition) is 20. The van der Waals surface area contributed by atoms with E-state index < -0.39 is 296 Å². The minimum absolute atomic E-state index is 0.0147. The van der Waals surface area contributed by atoms with Crippen molar-refractivity contribution in [2.75, 3.05) is 157 Å². The van der Waals surface area contributed by atoms with E-state index in [0.29, 0.717) is 26.1 Å². The van der Waals surface area contributed by atoms with E-state index in [-0.39, 0.29) is 124 Å². The second-order valence-corrected chi connectivity index (χ2v) is 25.1. The lowest BCUT2D eigenvalue weighted by Gasteiger charge is -2.41. The minimum atomic E-state index is -3.95. The molecular weight excluding hydrogens is 1520 g/mol. The average molecular weight is 1690 g/mol. The number of piperidine rings is 5. The molecule has 5 amide bonds. The van der Waals surface area contributed by atoms with Gasteiger partial charge in [0.05, 0.1) is 81.7 Å². The molecule has 5 aliphatic heterocycles. The van der Waals surface area contributed by atoms with Crippen LogP contribution in [0.5, 0.6) is 0 Å². The summed E-state index contributed by atoms with van der Waals surface area (Å²) >= 11 is 0. The van der Waals surface area contributed by atoms with Crippen molar-refractivity contribution in [3.63, 3.8) is 0 Å². The van der Waals surface area contributed by atoms with Gasteiger partial charge in [-0.1, -0.05) is 34.5 Å². The van der Waals surface area contributed by atoms with Gasteiger partial charge in [0, 0.05) is 168 Å². The van der Waals surface area contributed by atoms with E-state index in [2.05, 4.69) is 99.0 Å². The Labute approximate surface area is 787 Å². The standard InChI is InChI=1S/5C17H22N6O/c5*1-11-5-6-23(15(24)8-18-3)9-14(11)22(4)17-13-7-12(2)21-16(13)19-10-20-17/h5*7,10-11,14H,5-6,8-9H2,1-2,4H3,(H,19,20,21)/t5*11-,14+/m11111/s1/i5D2,6D2,7D,8D2,9D2,10D,11D,14D;1D3,5D2,6D2,7D,8D2,9D2,10D,14D;1D3,5D2,6D2,7D,8D2,9D2,10D,11D;5D2,6D2,7D,8D2,9D2,10D,14D;5D2,6D2,7D,8D2,9D2,10D,11D. The molecule has 15 heterocycles. The predicted octanol–water partition coefficient (Wildman–Crippen LogP) is 9.29. The first-order valence-corrected chi connectivity index (χ1v) is 34.3. The molecule has 15 rings (SSSR count). The van der Waals surface area contributed by atoms with Crippen LogP contribution in [-0.4, -0.2) is 292 Å². The lowest BCUT2D eigenvalue weighted by molar-refractivity contribution is -0.131. The van der Waals surface area contributed by atoms with Crippen molar-refractivity contribution < 1.29 is 109 Å². The fourth-order valence-electron chi connectivity index (χ4n) is 11.3. The summed E-state index contributed by atoms with van der Waals surface area (Å²) < 4.78 is 514. The van der Waals surface area contributed by atoms with Crippen molar-refractivity contribution in [2.45, 2.75) is 131 Å². The smallest absolute Gasteiger partial charge is 0.302 e. The first kappa shape index (κ1) is 37.5. The first-order valence-electron chi connectivity index (χ1n) is 65.3. The molecule has 10 atom stereocenters. The van der Waals surface area contributed by atoms with Crippen LogP contribution in [0, 0.1) is 97.0 Å². The maximum absolute atomic E-state index is 13.1. The molecule has 5 N–H and O–H groups in total. The van der Waals surface area contributed by atoms with Gasteiger partial charge in [-0.3, -0.25) is 24.0 Å². The van der Waals surface area contributed by atoms with Gasteiger partial charge >= 0.3 is 29.5 Å². The van der Waals surface area contributed by atoms with Gasteiger partial charge < -0.3 is 98.1 Å². The van der Waals surface area contributed by atoms with E-state index >= 15 is 0 Å². The van der Waals surface area contributed by atoms with Crippen molar-refractivity contribution in [3.05, 3.63) is 147 Å². The molecule has 630 valence electrons. The normalized spacial score (nSPS) is 39.2. The Morgan fingerprint density at radius 1 is 0.383 bits per heavy atom.